The van der Waals surface area contributed by atoms with E-state index in [1.54, 1.807) is 6.07 Å². The highest BCUT2D eigenvalue weighted by molar-refractivity contribution is 5.98. The minimum absolute atomic E-state index is 0.0991. The van der Waals surface area contributed by atoms with Crippen molar-refractivity contribution in [2.24, 2.45) is 0 Å². The molecular weight excluding hydrogens is 266 g/mol. The second-order valence-electron chi connectivity index (χ2n) is 4.78. The molecule has 4 heteroatoms. The van der Waals surface area contributed by atoms with Gasteiger partial charge in [-0.05, 0) is 29.7 Å². The molecule has 0 spiro atoms. The van der Waals surface area contributed by atoms with Gasteiger partial charge >= 0.3 is 0 Å². The molecule has 3 rings (SSSR count). The molecule has 0 radical (unpaired) electrons. The monoisotopic (exact) mass is 279 g/mol. The van der Waals surface area contributed by atoms with Crippen molar-refractivity contribution in [2.75, 3.05) is 6.79 Å². The summed E-state index contributed by atoms with van der Waals surface area (Å²) < 4.78 is 10.6. The van der Waals surface area contributed by atoms with Gasteiger partial charge in [0.15, 0.2) is 17.3 Å². The number of ether oxygens (including phenoxy) is 2. The van der Waals surface area contributed by atoms with Crippen molar-refractivity contribution in [1.29, 1.82) is 5.26 Å². The number of benzene rings is 2. The zero-order valence-electron chi connectivity index (χ0n) is 11.3. The minimum Gasteiger partial charge on any atom is -0.454 e. The lowest BCUT2D eigenvalue weighted by Gasteiger charge is -2.08. The number of ketones is 1. The molecule has 0 aliphatic carbocycles. The van der Waals surface area contributed by atoms with Crippen LogP contribution in [0, 0.1) is 11.3 Å². The number of carbonyl (C=O) groups excluding carboxylic acids is 1. The van der Waals surface area contributed by atoms with Crippen molar-refractivity contribution >= 4 is 5.78 Å². The summed E-state index contributed by atoms with van der Waals surface area (Å²) in [7, 11) is 0. The molecule has 0 amide bonds. The van der Waals surface area contributed by atoms with Crippen LogP contribution < -0.4 is 9.47 Å². The second-order valence-corrected chi connectivity index (χ2v) is 4.78. The summed E-state index contributed by atoms with van der Waals surface area (Å²) in [5, 5.41) is 8.68. The lowest BCUT2D eigenvalue weighted by atomic mass is 9.96. The van der Waals surface area contributed by atoms with E-state index in [0.717, 1.165) is 22.6 Å². The van der Waals surface area contributed by atoms with E-state index in [-0.39, 0.29) is 19.0 Å². The fourth-order valence-electron chi connectivity index (χ4n) is 2.38. The van der Waals surface area contributed by atoms with Gasteiger partial charge in [-0.25, -0.2) is 0 Å². The maximum Gasteiger partial charge on any atom is 0.231 e. The molecule has 0 aromatic heterocycles. The summed E-state index contributed by atoms with van der Waals surface area (Å²) in [4.78, 5) is 12.0. The first-order valence-corrected chi connectivity index (χ1v) is 6.64. The quantitative estimate of drug-likeness (QED) is 0.807. The number of fused-ring (bicyclic) bond motifs is 1. The SMILES string of the molecule is N#CCC(=O)c1ccccc1Cc1ccc2c(c1)OCO2. The Morgan fingerprint density at radius 2 is 1.95 bits per heavy atom. The Kier molecular flexibility index (Phi) is 3.57. The zero-order chi connectivity index (χ0) is 14.7. The Morgan fingerprint density at radius 1 is 1.14 bits per heavy atom. The highest BCUT2D eigenvalue weighted by Crippen LogP contribution is 2.33. The fraction of sp³-hybridized carbons (Fsp3) is 0.176. The lowest BCUT2D eigenvalue weighted by Crippen LogP contribution is -2.03. The first kappa shape index (κ1) is 13.2. The molecule has 1 heterocycles. The minimum atomic E-state index is -0.145. The van der Waals surface area contributed by atoms with Crippen LogP contribution in [0.4, 0.5) is 0 Å². The summed E-state index contributed by atoms with van der Waals surface area (Å²) in [5.41, 5.74) is 2.56. The fourth-order valence-corrected chi connectivity index (χ4v) is 2.38. The maximum atomic E-state index is 12.0. The predicted molar refractivity (Wildman–Crippen MR) is 76.4 cm³/mol. The molecule has 2 aromatic rings. The van der Waals surface area contributed by atoms with Gasteiger partial charge in [0.25, 0.3) is 0 Å². The smallest absolute Gasteiger partial charge is 0.231 e. The molecule has 0 saturated heterocycles. The van der Waals surface area contributed by atoms with Gasteiger partial charge < -0.3 is 9.47 Å². The lowest BCUT2D eigenvalue weighted by molar-refractivity contribution is 0.0997. The van der Waals surface area contributed by atoms with Gasteiger partial charge in [-0.3, -0.25) is 4.79 Å². The summed E-state index contributed by atoms with van der Waals surface area (Å²) in [5.74, 6) is 1.33. The van der Waals surface area contributed by atoms with Crippen LogP contribution in [0.3, 0.4) is 0 Å². The molecule has 4 nitrogen and oxygen atoms in total. The second kappa shape index (κ2) is 5.68. The number of nitrogens with zero attached hydrogens (tertiary/aromatic N) is 1. The Hall–Kier alpha value is -2.80. The molecule has 0 unspecified atom stereocenters. The maximum absolute atomic E-state index is 12.0. The van der Waals surface area contributed by atoms with Crippen molar-refractivity contribution in [3.63, 3.8) is 0 Å². The molecule has 0 fully saturated rings. The summed E-state index contributed by atoms with van der Waals surface area (Å²) >= 11 is 0. The van der Waals surface area contributed by atoms with Crippen molar-refractivity contribution in [3.8, 4) is 17.6 Å². The van der Waals surface area contributed by atoms with Gasteiger partial charge in [0.05, 0.1) is 12.5 Å². The highest BCUT2D eigenvalue weighted by atomic mass is 16.7. The molecule has 0 bridgehead atoms. The van der Waals surface area contributed by atoms with Gasteiger partial charge in [-0.1, -0.05) is 30.3 Å². The van der Waals surface area contributed by atoms with E-state index in [1.165, 1.54) is 0 Å². The molecule has 1 aliphatic heterocycles. The standard InChI is InChI=1S/C17H13NO3/c18-8-7-15(19)14-4-2-1-3-13(14)9-12-5-6-16-17(10-12)21-11-20-16/h1-6,10H,7,9,11H2. The summed E-state index contributed by atoms with van der Waals surface area (Å²) in [6.45, 7) is 0.246. The van der Waals surface area contributed by atoms with E-state index >= 15 is 0 Å². The van der Waals surface area contributed by atoms with Crippen LogP contribution in [-0.2, 0) is 6.42 Å². The average molecular weight is 279 g/mol. The van der Waals surface area contributed by atoms with Crippen LogP contribution in [-0.4, -0.2) is 12.6 Å². The van der Waals surface area contributed by atoms with Crippen molar-refractivity contribution in [3.05, 3.63) is 59.2 Å². The molecule has 0 atom stereocenters. The normalized spacial score (nSPS) is 12.0. The van der Waals surface area contributed by atoms with E-state index in [9.17, 15) is 4.79 Å². The molecule has 104 valence electrons. The van der Waals surface area contributed by atoms with Crippen LogP contribution in [0.25, 0.3) is 0 Å². The highest BCUT2D eigenvalue weighted by Gasteiger charge is 2.15. The van der Waals surface area contributed by atoms with Gasteiger partial charge in [0, 0.05) is 5.56 Å². The predicted octanol–water partition coefficient (Wildman–Crippen LogP) is 3.10. The molecule has 2 aromatic carbocycles. The van der Waals surface area contributed by atoms with Crippen LogP contribution in [0.1, 0.15) is 27.9 Å². The van der Waals surface area contributed by atoms with Gasteiger partial charge in [0.2, 0.25) is 6.79 Å². The van der Waals surface area contributed by atoms with E-state index in [4.69, 9.17) is 14.7 Å². The van der Waals surface area contributed by atoms with Gasteiger partial charge in [0.1, 0.15) is 0 Å². The van der Waals surface area contributed by atoms with Crippen LogP contribution in [0.15, 0.2) is 42.5 Å². The molecule has 0 saturated carbocycles. The number of nitriles is 1. The topological polar surface area (TPSA) is 59.3 Å². The third-order valence-electron chi connectivity index (χ3n) is 3.39. The molecule has 1 aliphatic rings. The van der Waals surface area contributed by atoms with E-state index in [0.29, 0.717) is 12.0 Å². The van der Waals surface area contributed by atoms with E-state index < -0.39 is 0 Å². The third-order valence-corrected chi connectivity index (χ3v) is 3.39. The van der Waals surface area contributed by atoms with Crippen molar-refractivity contribution in [1.82, 2.24) is 0 Å². The van der Waals surface area contributed by atoms with Crippen molar-refractivity contribution < 1.29 is 14.3 Å². The average Bonchev–Trinajstić information content (AvgIpc) is 2.95. The molecule has 21 heavy (non-hydrogen) atoms. The van der Waals surface area contributed by atoms with Crippen LogP contribution in [0.5, 0.6) is 11.5 Å². The van der Waals surface area contributed by atoms with Gasteiger partial charge in [-0.15, -0.1) is 0 Å². The summed E-state index contributed by atoms with van der Waals surface area (Å²) in [6, 6.07) is 15.0. The summed E-state index contributed by atoms with van der Waals surface area (Å²) in [6.07, 6.45) is 0.516. The Morgan fingerprint density at radius 3 is 2.81 bits per heavy atom. The van der Waals surface area contributed by atoms with Crippen LogP contribution >= 0.6 is 0 Å². The number of hydrogen-bond acceptors (Lipinski definition) is 4. The number of rotatable bonds is 4. The first-order valence-electron chi connectivity index (χ1n) is 6.64. The Balaban J connectivity index is 1.88. The van der Waals surface area contributed by atoms with Gasteiger partial charge in [-0.2, -0.15) is 5.26 Å². The number of Topliss-reactive ketones (excluding diaryl/α,β-unsaturated/α-hetero) is 1. The largest absolute Gasteiger partial charge is 0.454 e. The molecule has 0 N–H and O–H groups in total. The third kappa shape index (κ3) is 2.72. The van der Waals surface area contributed by atoms with Crippen LogP contribution in [0.2, 0.25) is 0 Å². The molecular formula is C17H13NO3. The van der Waals surface area contributed by atoms with E-state index in [2.05, 4.69) is 0 Å². The van der Waals surface area contributed by atoms with Crippen molar-refractivity contribution in [2.45, 2.75) is 12.8 Å². The number of hydrogen-bond donors (Lipinski definition) is 0. The zero-order valence-corrected chi connectivity index (χ0v) is 11.3. The first-order chi connectivity index (χ1) is 10.3. The van der Waals surface area contributed by atoms with E-state index in [1.807, 2.05) is 42.5 Å². The Bertz CT molecular complexity index is 731. The number of carbonyl (C=O) groups is 1. The Labute approximate surface area is 122 Å².